The highest BCUT2D eigenvalue weighted by atomic mass is 19.4. The molecule has 1 aliphatic heterocycles. The Morgan fingerprint density at radius 1 is 1.21 bits per heavy atom. The van der Waals surface area contributed by atoms with Crippen LogP contribution in [0.5, 0.6) is 5.88 Å². The molecule has 1 N–H and O–H groups in total. The molecule has 1 saturated heterocycles. The van der Waals surface area contributed by atoms with Gasteiger partial charge in [0.1, 0.15) is 6.54 Å². The number of halogens is 3. The van der Waals surface area contributed by atoms with Gasteiger partial charge in [-0.3, -0.25) is 19.3 Å². The Morgan fingerprint density at radius 3 is 2.48 bits per heavy atom. The Hall–Kier alpha value is -2.91. The van der Waals surface area contributed by atoms with Crippen LogP contribution in [0.4, 0.5) is 13.2 Å². The van der Waals surface area contributed by atoms with Crippen molar-refractivity contribution in [3.05, 3.63) is 36.0 Å². The average Bonchev–Trinajstić information content (AvgIpc) is 3.35. The van der Waals surface area contributed by atoms with Crippen LogP contribution in [0.1, 0.15) is 12.0 Å². The van der Waals surface area contributed by atoms with Crippen molar-refractivity contribution in [3.8, 4) is 5.88 Å². The molecule has 4 unspecified atom stereocenters. The standard InChI is InChI=1S/C19H18F3N3O4/c20-19(21,22)9-29-16-12(2-1-5-23-16)7-24-13(26)8-25-17(27)14-10-3-4-11(6-10)15(14)18(25)28/h1-5,10-11,14-15H,6-9H2,(H,24,26). The van der Waals surface area contributed by atoms with Gasteiger partial charge in [0.2, 0.25) is 23.6 Å². The van der Waals surface area contributed by atoms with Crippen molar-refractivity contribution in [3.63, 3.8) is 0 Å². The second kappa shape index (κ2) is 7.16. The van der Waals surface area contributed by atoms with Crippen LogP contribution in [0.2, 0.25) is 0 Å². The highest BCUT2D eigenvalue weighted by Gasteiger charge is 2.59. The second-order valence-electron chi connectivity index (χ2n) is 7.41. The van der Waals surface area contributed by atoms with Crippen LogP contribution in [0.3, 0.4) is 0 Å². The number of carbonyl (C=O) groups is 3. The number of likely N-dealkylation sites (tertiary alicyclic amines) is 1. The molecule has 7 nitrogen and oxygen atoms in total. The Balaban J connectivity index is 1.35. The van der Waals surface area contributed by atoms with Gasteiger partial charge in [0.05, 0.1) is 11.8 Å². The minimum atomic E-state index is -4.51. The van der Waals surface area contributed by atoms with Gasteiger partial charge in [-0.1, -0.05) is 18.2 Å². The van der Waals surface area contributed by atoms with Crippen molar-refractivity contribution < 1.29 is 32.3 Å². The zero-order valence-corrected chi connectivity index (χ0v) is 15.2. The molecule has 0 radical (unpaired) electrons. The van der Waals surface area contributed by atoms with E-state index in [4.69, 9.17) is 0 Å². The molecular weight excluding hydrogens is 391 g/mol. The minimum Gasteiger partial charge on any atom is -0.468 e. The average molecular weight is 409 g/mol. The number of hydrogen-bond acceptors (Lipinski definition) is 5. The van der Waals surface area contributed by atoms with Gasteiger partial charge in [-0.25, -0.2) is 4.98 Å². The molecule has 0 aromatic carbocycles. The molecule has 4 atom stereocenters. The van der Waals surface area contributed by atoms with E-state index in [1.54, 1.807) is 0 Å². The first kappa shape index (κ1) is 19.4. The van der Waals surface area contributed by atoms with E-state index >= 15 is 0 Å². The van der Waals surface area contributed by atoms with E-state index in [0.29, 0.717) is 0 Å². The summed E-state index contributed by atoms with van der Waals surface area (Å²) in [5, 5.41) is 2.51. The fourth-order valence-electron chi connectivity index (χ4n) is 4.35. The Morgan fingerprint density at radius 2 is 1.86 bits per heavy atom. The smallest absolute Gasteiger partial charge is 0.422 e. The van der Waals surface area contributed by atoms with Gasteiger partial charge in [-0.05, 0) is 24.3 Å². The van der Waals surface area contributed by atoms with Crippen molar-refractivity contribution >= 4 is 17.7 Å². The number of aromatic nitrogens is 1. The first-order valence-corrected chi connectivity index (χ1v) is 9.18. The van der Waals surface area contributed by atoms with E-state index in [1.807, 2.05) is 12.2 Å². The molecule has 2 aliphatic carbocycles. The molecule has 2 fully saturated rings. The van der Waals surface area contributed by atoms with Crippen molar-refractivity contribution in [2.24, 2.45) is 23.7 Å². The van der Waals surface area contributed by atoms with E-state index in [9.17, 15) is 27.6 Å². The van der Waals surface area contributed by atoms with Crippen LogP contribution in [-0.2, 0) is 20.9 Å². The number of rotatable bonds is 6. The van der Waals surface area contributed by atoms with Gasteiger partial charge in [-0.2, -0.15) is 13.2 Å². The number of ether oxygens (including phenoxy) is 1. The quantitative estimate of drug-likeness (QED) is 0.568. The van der Waals surface area contributed by atoms with Crippen molar-refractivity contribution in [2.75, 3.05) is 13.2 Å². The maximum Gasteiger partial charge on any atom is 0.422 e. The summed E-state index contributed by atoms with van der Waals surface area (Å²) in [5.74, 6) is -2.15. The van der Waals surface area contributed by atoms with Crippen molar-refractivity contribution in [2.45, 2.75) is 19.1 Å². The van der Waals surface area contributed by atoms with E-state index in [1.165, 1.54) is 18.3 Å². The summed E-state index contributed by atoms with van der Waals surface area (Å²) in [7, 11) is 0. The lowest BCUT2D eigenvalue weighted by Gasteiger charge is -2.17. The van der Waals surface area contributed by atoms with E-state index in [2.05, 4.69) is 15.0 Å². The Labute approximate surface area is 163 Å². The van der Waals surface area contributed by atoms with E-state index in [0.717, 1.165) is 11.3 Å². The van der Waals surface area contributed by atoms with Crippen LogP contribution in [0.15, 0.2) is 30.5 Å². The summed E-state index contributed by atoms with van der Waals surface area (Å²) in [4.78, 5) is 42.2. The molecule has 4 rings (SSSR count). The van der Waals surface area contributed by atoms with Gasteiger partial charge >= 0.3 is 6.18 Å². The van der Waals surface area contributed by atoms with Crippen LogP contribution in [0, 0.1) is 23.7 Å². The molecule has 1 aromatic rings. The van der Waals surface area contributed by atoms with Crippen molar-refractivity contribution in [1.82, 2.24) is 15.2 Å². The van der Waals surface area contributed by atoms with E-state index < -0.39 is 25.2 Å². The Bertz CT molecular complexity index is 856. The number of nitrogens with zero attached hydrogens (tertiary/aromatic N) is 2. The van der Waals surface area contributed by atoms with Gasteiger partial charge in [-0.15, -0.1) is 0 Å². The summed E-state index contributed by atoms with van der Waals surface area (Å²) in [6.45, 7) is -2.06. The van der Waals surface area contributed by atoms with E-state index in [-0.39, 0.29) is 53.5 Å². The first-order valence-electron chi connectivity index (χ1n) is 9.18. The molecule has 3 aliphatic rings. The molecule has 29 heavy (non-hydrogen) atoms. The second-order valence-corrected chi connectivity index (χ2v) is 7.41. The summed E-state index contributed by atoms with van der Waals surface area (Å²) in [5.41, 5.74) is 0.253. The summed E-state index contributed by atoms with van der Waals surface area (Å²) >= 11 is 0. The predicted octanol–water partition coefficient (Wildman–Crippen LogP) is 1.45. The summed E-state index contributed by atoms with van der Waals surface area (Å²) in [6.07, 6.45) is 1.49. The third kappa shape index (κ3) is 3.70. The molecule has 10 heteroatoms. The number of nitrogens with one attached hydrogen (secondary N) is 1. The molecule has 2 heterocycles. The summed E-state index contributed by atoms with van der Waals surface area (Å²) in [6, 6.07) is 2.97. The third-order valence-corrected chi connectivity index (χ3v) is 5.56. The number of imide groups is 1. The topological polar surface area (TPSA) is 88.6 Å². The van der Waals surface area contributed by atoms with Gasteiger partial charge < -0.3 is 10.1 Å². The van der Waals surface area contributed by atoms with Gasteiger partial charge in [0, 0.05) is 18.3 Å². The normalized spacial score (nSPS) is 27.5. The number of amides is 3. The maximum atomic E-state index is 12.6. The van der Waals surface area contributed by atoms with Gasteiger partial charge in [0.25, 0.3) is 0 Å². The largest absolute Gasteiger partial charge is 0.468 e. The van der Waals surface area contributed by atoms with Gasteiger partial charge in [0.15, 0.2) is 6.61 Å². The van der Waals surface area contributed by atoms with Crippen LogP contribution >= 0.6 is 0 Å². The molecule has 0 spiro atoms. The number of carbonyl (C=O) groups excluding carboxylic acids is 3. The Kier molecular flexibility index (Phi) is 4.79. The molecule has 2 bridgehead atoms. The molecular formula is C19H18F3N3O4. The number of pyridine rings is 1. The lowest BCUT2D eigenvalue weighted by molar-refractivity contribution is -0.154. The lowest BCUT2D eigenvalue weighted by Crippen LogP contribution is -2.41. The highest BCUT2D eigenvalue weighted by molar-refractivity contribution is 6.08. The fourth-order valence-corrected chi connectivity index (χ4v) is 4.35. The number of fused-ring (bicyclic) bond motifs is 5. The van der Waals surface area contributed by atoms with Crippen LogP contribution in [0.25, 0.3) is 0 Å². The predicted molar refractivity (Wildman–Crippen MR) is 92.1 cm³/mol. The maximum absolute atomic E-state index is 12.6. The summed E-state index contributed by atoms with van der Waals surface area (Å²) < 4.78 is 41.7. The van der Waals surface area contributed by atoms with Crippen LogP contribution in [-0.4, -0.2) is 46.9 Å². The SMILES string of the molecule is O=C(CN1C(=O)C2C3C=CC(C3)C2C1=O)NCc1cccnc1OCC(F)(F)F. The first-order chi connectivity index (χ1) is 13.7. The molecule has 154 valence electrons. The lowest BCUT2D eigenvalue weighted by atomic mass is 9.85. The third-order valence-electron chi connectivity index (χ3n) is 5.56. The molecule has 1 saturated carbocycles. The number of allylic oxidation sites excluding steroid dienone is 2. The van der Waals surface area contributed by atoms with Crippen LogP contribution < -0.4 is 10.1 Å². The zero-order chi connectivity index (χ0) is 20.8. The fraction of sp³-hybridized carbons (Fsp3) is 0.474. The zero-order valence-electron chi connectivity index (χ0n) is 15.2. The minimum absolute atomic E-state index is 0.0539. The van der Waals surface area contributed by atoms with Crippen molar-refractivity contribution in [1.29, 1.82) is 0 Å². The molecule has 3 amide bonds. The monoisotopic (exact) mass is 409 g/mol. The highest BCUT2D eigenvalue weighted by Crippen LogP contribution is 2.52. The number of alkyl halides is 3. The number of hydrogen-bond donors (Lipinski definition) is 1. The molecule has 1 aromatic heterocycles.